The molecule has 0 radical (unpaired) electrons. The zero-order valence-corrected chi connectivity index (χ0v) is 15.7. The summed E-state index contributed by atoms with van der Waals surface area (Å²) in [5.74, 6) is 1.37. The molecule has 1 heterocycles. The SMILES string of the molecule is CCC(C)NC(=NC)NCCN1CCS(=O)(=O)CC1.I. The molecule has 1 unspecified atom stereocenters. The van der Waals surface area contributed by atoms with Crippen molar-refractivity contribution in [2.24, 2.45) is 4.99 Å². The summed E-state index contributed by atoms with van der Waals surface area (Å²) in [6.45, 7) is 7.14. The van der Waals surface area contributed by atoms with Gasteiger partial charge in [-0.05, 0) is 13.3 Å². The lowest BCUT2D eigenvalue weighted by Crippen LogP contribution is -2.47. The first-order valence-corrected chi connectivity index (χ1v) is 8.69. The van der Waals surface area contributed by atoms with Crippen molar-refractivity contribution < 1.29 is 8.42 Å². The molecule has 1 rings (SSSR count). The summed E-state index contributed by atoms with van der Waals surface area (Å²) in [4.78, 5) is 6.33. The normalized spacial score (nSPS) is 20.9. The summed E-state index contributed by atoms with van der Waals surface area (Å²) < 4.78 is 22.6. The average molecular weight is 418 g/mol. The highest BCUT2D eigenvalue weighted by Gasteiger charge is 2.20. The zero-order chi connectivity index (χ0) is 14.3. The zero-order valence-electron chi connectivity index (χ0n) is 12.6. The fraction of sp³-hybridized carbons (Fsp3) is 0.917. The molecule has 20 heavy (non-hydrogen) atoms. The minimum absolute atomic E-state index is 0. The highest BCUT2D eigenvalue weighted by Crippen LogP contribution is 2.02. The molecule has 0 aromatic rings. The topological polar surface area (TPSA) is 73.8 Å². The molecular formula is C12H27IN4O2S. The number of nitrogens with one attached hydrogen (secondary N) is 2. The van der Waals surface area contributed by atoms with E-state index >= 15 is 0 Å². The van der Waals surface area contributed by atoms with Gasteiger partial charge in [0.05, 0.1) is 11.5 Å². The van der Waals surface area contributed by atoms with Gasteiger partial charge in [-0.2, -0.15) is 0 Å². The Morgan fingerprint density at radius 2 is 1.95 bits per heavy atom. The molecule has 0 amide bonds. The molecule has 1 atom stereocenters. The predicted octanol–water partition coefficient (Wildman–Crippen LogP) is 0.298. The molecule has 1 aliphatic rings. The largest absolute Gasteiger partial charge is 0.355 e. The Hall–Kier alpha value is -0.0900. The second-order valence-corrected chi connectivity index (χ2v) is 7.25. The van der Waals surface area contributed by atoms with Crippen molar-refractivity contribution in [3.8, 4) is 0 Å². The van der Waals surface area contributed by atoms with Crippen molar-refractivity contribution >= 4 is 39.8 Å². The van der Waals surface area contributed by atoms with Gasteiger partial charge in [0, 0.05) is 39.3 Å². The molecular weight excluding hydrogens is 391 g/mol. The van der Waals surface area contributed by atoms with Crippen molar-refractivity contribution in [1.82, 2.24) is 15.5 Å². The van der Waals surface area contributed by atoms with Gasteiger partial charge >= 0.3 is 0 Å². The van der Waals surface area contributed by atoms with Gasteiger partial charge < -0.3 is 10.6 Å². The Labute approximate surface area is 139 Å². The number of hydrogen-bond donors (Lipinski definition) is 2. The standard InChI is InChI=1S/C12H26N4O2S.HI/c1-4-11(2)15-12(13-3)14-5-6-16-7-9-19(17,18)10-8-16;/h11H,4-10H2,1-3H3,(H2,13,14,15);1H. The van der Waals surface area contributed by atoms with E-state index in [4.69, 9.17) is 0 Å². The van der Waals surface area contributed by atoms with Crippen LogP contribution in [0.2, 0.25) is 0 Å². The Kier molecular flexibility index (Phi) is 9.73. The Morgan fingerprint density at radius 1 is 1.35 bits per heavy atom. The quantitative estimate of drug-likeness (QED) is 0.382. The molecule has 0 aliphatic carbocycles. The van der Waals surface area contributed by atoms with Gasteiger partial charge in [0.15, 0.2) is 15.8 Å². The van der Waals surface area contributed by atoms with E-state index < -0.39 is 9.84 Å². The third kappa shape index (κ3) is 7.63. The summed E-state index contributed by atoms with van der Waals surface area (Å²) in [5.41, 5.74) is 0. The number of guanidine groups is 1. The van der Waals surface area contributed by atoms with Crippen LogP contribution in [0.5, 0.6) is 0 Å². The molecule has 2 N–H and O–H groups in total. The van der Waals surface area contributed by atoms with Gasteiger partial charge in [0.2, 0.25) is 0 Å². The van der Waals surface area contributed by atoms with Crippen molar-refractivity contribution in [3.63, 3.8) is 0 Å². The highest BCUT2D eigenvalue weighted by molar-refractivity contribution is 14.0. The maximum Gasteiger partial charge on any atom is 0.191 e. The molecule has 120 valence electrons. The molecule has 0 aromatic heterocycles. The Bertz CT molecular complexity index is 386. The molecule has 8 heteroatoms. The lowest BCUT2D eigenvalue weighted by molar-refractivity contribution is 0.299. The monoisotopic (exact) mass is 418 g/mol. The number of aliphatic imine (C=N–C) groups is 1. The third-order valence-corrected chi connectivity index (χ3v) is 4.99. The van der Waals surface area contributed by atoms with Crippen molar-refractivity contribution in [2.45, 2.75) is 26.3 Å². The fourth-order valence-electron chi connectivity index (χ4n) is 1.84. The van der Waals surface area contributed by atoms with Crippen LogP contribution in [0.3, 0.4) is 0 Å². The van der Waals surface area contributed by atoms with Crippen LogP contribution in [0.25, 0.3) is 0 Å². The van der Waals surface area contributed by atoms with E-state index in [9.17, 15) is 8.42 Å². The van der Waals surface area contributed by atoms with Crippen LogP contribution in [0, 0.1) is 0 Å². The second kappa shape index (κ2) is 9.78. The van der Waals surface area contributed by atoms with Crippen LogP contribution in [0.1, 0.15) is 20.3 Å². The van der Waals surface area contributed by atoms with Crippen molar-refractivity contribution in [2.75, 3.05) is 44.7 Å². The number of halogens is 1. The molecule has 0 bridgehead atoms. The third-order valence-electron chi connectivity index (χ3n) is 3.38. The number of hydrogen-bond acceptors (Lipinski definition) is 4. The second-order valence-electron chi connectivity index (χ2n) is 4.95. The first kappa shape index (κ1) is 19.9. The van der Waals surface area contributed by atoms with Crippen molar-refractivity contribution in [3.05, 3.63) is 0 Å². The van der Waals surface area contributed by atoms with Gasteiger partial charge in [-0.1, -0.05) is 6.92 Å². The summed E-state index contributed by atoms with van der Waals surface area (Å²) in [6.07, 6.45) is 1.05. The van der Waals surface area contributed by atoms with Crippen LogP contribution < -0.4 is 10.6 Å². The molecule has 1 fully saturated rings. The lowest BCUT2D eigenvalue weighted by Gasteiger charge is -2.27. The maximum absolute atomic E-state index is 11.3. The predicted molar refractivity (Wildman–Crippen MR) is 94.8 cm³/mol. The van der Waals surface area contributed by atoms with Gasteiger partial charge in [-0.15, -0.1) is 24.0 Å². The van der Waals surface area contributed by atoms with E-state index in [0.717, 1.165) is 25.5 Å². The average Bonchev–Trinajstić information content (AvgIpc) is 2.39. The van der Waals surface area contributed by atoms with E-state index in [-0.39, 0.29) is 35.5 Å². The fourth-order valence-corrected chi connectivity index (χ4v) is 3.11. The summed E-state index contributed by atoms with van der Waals surface area (Å²) in [7, 11) is -1.02. The van der Waals surface area contributed by atoms with Crippen LogP contribution in [0.4, 0.5) is 0 Å². The number of rotatable bonds is 5. The van der Waals surface area contributed by atoms with Gasteiger partial charge in [-0.25, -0.2) is 8.42 Å². The molecule has 1 saturated heterocycles. The molecule has 0 aromatic carbocycles. The molecule has 6 nitrogen and oxygen atoms in total. The van der Waals surface area contributed by atoms with Gasteiger partial charge in [-0.3, -0.25) is 9.89 Å². The van der Waals surface area contributed by atoms with E-state index in [2.05, 4.69) is 34.4 Å². The molecule has 0 saturated carbocycles. The van der Waals surface area contributed by atoms with Crippen LogP contribution in [-0.2, 0) is 9.84 Å². The Morgan fingerprint density at radius 3 is 2.45 bits per heavy atom. The highest BCUT2D eigenvalue weighted by atomic mass is 127. The number of nitrogens with zero attached hydrogens (tertiary/aromatic N) is 2. The first-order valence-electron chi connectivity index (χ1n) is 6.87. The molecule has 1 aliphatic heterocycles. The summed E-state index contributed by atoms with van der Waals surface area (Å²) >= 11 is 0. The van der Waals surface area contributed by atoms with Crippen molar-refractivity contribution in [1.29, 1.82) is 0 Å². The van der Waals surface area contributed by atoms with E-state index in [0.29, 0.717) is 19.1 Å². The van der Waals surface area contributed by atoms with E-state index in [1.54, 1.807) is 7.05 Å². The smallest absolute Gasteiger partial charge is 0.191 e. The number of sulfone groups is 1. The lowest BCUT2D eigenvalue weighted by atomic mass is 10.3. The van der Waals surface area contributed by atoms with E-state index in [1.165, 1.54) is 0 Å². The van der Waals surface area contributed by atoms with Gasteiger partial charge in [0.1, 0.15) is 0 Å². The van der Waals surface area contributed by atoms with Crippen LogP contribution in [0.15, 0.2) is 4.99 Å². The minimum Gasteiger partial charge on any atom is -0.355 e. The Balaban J connectivity index is 0.00000361. The van der Waals surface area contributed by atoms with Crippen LogP contribution >= 0.6 is 24.0 Å². The van der Waals surface area contributed by atoms with Crippen LogP contribution in [-0.4, -0.2) is 70.1 Å². The first-order chi connectivity index (χ1) is 8.96. The molecule has 0 spiro atoms. The summed E-state index contributed by atoms with van der Waals surface area (Å²) in [5, 5.41) is 6.54. The minimum atomic E-state index is -2.78. The van der Waals surface area contributed by atoms with E-state index in [1.807, 2.05) is 0 Å². The summed E-state index contributed by atoms with van der Waals surface area (Å²) in [6, 6.07) is 0.395. The van der Waals surface area contributed by atoms with Gasteiger partial charge in [0.25, 0.3) is 0 Å². The maximum atomic E-state index is 11.3.